The van der Waals surface area contributed by atoms with E-state index in [1.54, 1.807) is 0 Å². The van der Waals surface area contributed by atoms with E-state index in [0.29, 0.717) is 13.0 Å². The monoisotopic (exact) mass is 251 g/mol. The normalized spacial score (nSPS) is 18.9. The summed E-state index contributed by atoms with van der Waals surface area (Å²) >= 11 is 0. The molecule has 1 atom stereocenters. The molecule has 7 heteroatoms. The van der Waals surface area contributed by atoms with Crippen molar-refractivity contribution in [3.8, 4) is 0 Å². The van der Waals surface area contributed by atoms with E-state index >= 15 is 0 Å². The molecule has 18 heavy (non-hydrogen) atoms. The number of aliphatic hydroxyl groups excluding tert-OH is 1. The molecular formula is C11H13N3O4. The maximum Gasteiger partial charge on any atom is 0.292 e. The predicted octanol–water partition coefficient (Wildman–Crippen LogP) is 0.384. The number of β-amino-alcohol motifs (C(OH)–C–C–N with tert-alkyl or cyclic N) is 1. The quantitative estimate of drug-likeness (QED) is 0.448. The molecule has 1 saturated heterocycles. The Bertz CT molecular complexity index is 503. The number of amides is 1. The number of hydrogen-bond donors (Lipinski definition) is 2. The fraction of sp³-hybridized carbons (Fsp3) is 0.364. The summed E-state index contributed by atoms with van der Waals surface area (Å²) in [4.78, 5) is 23.7. The van der Waals surface area contributed by atoms with Crippen LogP contribution >= 0.6 is 0 Å². The first-order chi connectivity index (χ1) is 8.50. The van der Waals surface area contributed by atoms with Gasteiger partial charge in [0.25, 0.3) is 11.6 Å². The Hall–Kier alpha value is -2.15. The van der Waals surface area contributed by atoms with Gasteiger partial charge in [-0.3, -0.25) is 14.9 Å². The highest BCUT2D eigenvalue weighted by Crippen LogP contribution is 2.26. The largest absolute Gasteiger partial charge is 0.393 e. The summed E-state index contributed by atoms with van der Waals surface area (Å²) in [6.45, 7) is 0.670. The molecule has 1 aromatic rings. The molecule has 0 aromatic heterocycles. The standard InChI is InChI=1S/C11H13N3O4/c12-10-8(2-1-3-9(10)14(17)18)11(16)13-5-4-7(15)6-13/h1-3,7,15H,4-6,12H2/t7-/m1/s1. The van der Waals surface area contributed by atoms with Crippen molar-refractivity contribution in [3.63, 3.8) is 0 Å². The van der Waals surface area contributed by atoms with Crippen LogP contribution < -0.4 is 5.73 Å². The Balaban J connectivity index is 2.31. The summed E-state index contributed by atoms with van der Waals surface area (Å²) in [5.74, 6) is -0.382. The van der Waals surface area contributed by atoms with E-state index in [4.69, 9.17) is 5.73 Å². The molecule has 1 amide bonds. The number of anilines is 1. The lowest BCUT2D eigenvalue weighted by molar-refractivity contribution is -0.383. The van der Waals surface area contributed by atoms with Crippen LogP contribution in [0.5, 0.6) is 0 Å². The molecule has 0 bridgehead atoms. The van der Waals surface area contributed by atoms with E-state index < -0.39 is 11.0 Å². The van der Waals surface area contributed by atoms with Gasteiger partial charge in [0.15, 0.2) is 0 Å². The fourth-order valence-electron chi connectivity index (χ4n) is 2.00. The average Bonchev–Trinajstić information content (AvgIpc) is 2.75. The highest BCUT2D eigenvalue weighted by atomic mass is 16.6. The first-order valence-electron chi connectivity index (χ1n) is 5.51. The van der Waals surface area contributed by atoms with Gasteiger partial charge in [-0.05, 0) is 12.5 Å². The van der Waals surface area contributed by atoms with Crippen molar-refractivity contribution in [1.29, 1.82) is 0 Å². The minimum atomic E-state index is -0.620. The van der Waals surface area contributed by atoms with E-state index in [2.05, 4.69) is 0 Å². The van der Waals surface area contributed by atoms with Gasteiger partial charge in [0.1, 0.15) is 5.69 Å². The molecule has 0 aliphatic carbocycles. The first-order valence-corrected chi connectivity index (χ1v) is 5.51. The number of benzene rings is 1. The van der Waals surface area contributed by atoms with Gasteiger partial charge >= 0.3 is 0 Å². The van der Waals surface area contributed by atoms with Crippen LogP contribution in [0.3, 0.4) is 0 Å². The van der Waals surface area contributed by atoms with E-state index in [1.807, 2.05) is 0 Å². The fourth-order valence-corrected chi connectivity index (χ4v) is 2.00. The lowest BCUT2D eigenvalue weighted by Crippen LogP contribution is -2.30. The average molecular weight is 251 g/mol. The summed E-state index contributed by atoms with van der Waals surface area (Å²) in [7, 11) is 0. The SMILES string of the molecule is Nc1c(C(=O)N2CC[C@@H](O)C2)cccc1[N+](=O)[O-]. The molecule has 0 radical (unpaired) electrons. The van der Waals surface area contributed by atoms with Crippen molar-refractivity contribution in [3.05, 3.63) is 33.9 Å². The molecule has 0 saturated carbocycles. The summed E-state index contributed by atoms with van der Waals surface area (Å²) < 4.78 is 0. The van der Waals surface area contributed by atoms with Crippen LogP contribution in [0.15, 0.2) is 18.2 Å². The van der Waals surface area contributed by atoms with Gasteiger partial charge in [0.05, 0.1) is 16.6 Å². The van der Waals surface area contributed by atoms with Gasteiger partial charge in [-0.25, -0.2) is 0 Å². The molecule has 1 fully saturated rings. The van der Waals surface area contributed by atoms with Crippen molar-refractivity contribution in [2.24, 2.45) is 0 Å². The number of carbonyl (C=O) groups excluding carboxylic acids is 1. The molecular weight excluding hydrogens is 238 g/mol. The predicted molar refractivity (Wildman–Crippen MR) is 64.0 cm³/mol. The zero-order chi connectivity index (χ0) is 13.3. The van der Waals surface area contributed by atoms with E-state index in [0.717, 1.165) is 0 Å². The molecule has 0 unspecified atom stereocenters. The minimum absolute atomic E-state index is 0.110. The second kappa shape index (κ2) is 4.61. The molecule has 1 heterocycles. The number of nitro groups is 1. The molecule has 3 N–H and O–H groups in total. The summed E-state index contributed by atoms with van der Waals surface area (Å²) in [5, 5.41) is 20.1. The number of para-hydroxylation sites is 1. The lowest BCUT2D eigenvalue weighted by Gasteiger charge is -2.16. The van der Waals surface area contributed by atoms with E-state index in [-0.39, 0.29) is 29.4 Å². The molecule has 0 spiro atoms. The van der Waals surface area contributed by atoms with Gasteiger partial charge < -0.3 is 15.7 Å². The number of likely N-dealkylation sites (tertiary alicyclic amines) is 1. The van der Waals surface area contributed by atoms with Crippen LogP contribution in [0.2, 0.25) is 0 Å². The highest BCUT2D eigenvalue weighted by Gasteiger charge is 2.28. The first kappa shape index (κ1) is 12.3. The molecule has 2 rings (SSSR count). The van der Waals surface area contributed by atoms with Crippen molar-refractivity contribution in [2.75, 3.05) is 18.8 Å². The number of hydrogen-bond acceptors (Lipinski definition) is 5. The van der Waals surface area contributed by atoms with Crippen LogP contribution in [0.1, 0.15) is 16.8 Å². The van der Waals surface area contributed by atoms with Gasteiger partial charge in [0, 0.05) is 19.2 Å². The molecule has 7 nitrogen and oxygen atoms in total. The second-order valence-electron chi connectivity index (χ2n) is 4.19. The number of nitrogen functional groups attached to an aromatic ring is 1. The van der Waals surface area contributed by atoms with E-state index in [1.165, 1.54) is 23.1 Å². The summed E-state index contributed by atoms with van der Waals surface area (Å²) in [5.41, 5.74) is 5.34. The topological polar surface area (TPSA) is 110 Å². The third-order valence-electron chi connectivity index (χ3n) is 2.96. The number of nitrogens with zero attached hydrogens (tertiary/aromatic N) is 2. The van der Waals surface area contributed by atoms with Crippen LogP contribution in [0.25, 0.3) is 0 Å². The zero-order valence-electron chi connectivity index (χ0n) is 9.57. The maximum absolute atomic E-state index is 12.1. The summed E-state index contributed by atoms with van der Waals surface area (Å²) in [6, 6.07) is 4.13. The number of rotatable bonds is 2. The number of aliphatic hydroxyl groups is 1. The number of nitrogens with two attached hydrogens (primary N) is 1. The smallest absolute Gasteiger partial charge is 0.292 e. The Morgan fingerprint density at radius 2 is 2.28 bits per heavy atom. The molecule has 1 aliphatic rings. The van der Waals surface area contributed by atoms with Crippen molar-refractivity contribution in [1.82, 2.24) is 4.90 Å². The van der Waals surface area contributed by atoms with Gasteiger partial charge in [-0.2, -0.15) is 0 Å². The second-order valence-corrected chi connectivity index (χ2v) is 4.19. The third-order valence-corrected chi connectivity index (χ3v) is 2.96. The third kappa shape index (κ3) is 2.12. The Morgan fingerprint density at radius 1 is 1.56 bits per heavy atom. The van der Waals surface area contributed by atoms with Gasteiger partial charge in [0.2, 0.25) is 0 Å². The molecule has 1 aromatic carbocycles. The zero-order valence-corrected chi connectivity index (χ0v) is 9.57. The van der Waals surface area contributed by atoms with Gasteiger partial charge in [-0.15, -0.1) is 0 Å². The van der Waals surface area contributed by atoms with Crippen LogP contribution in [0, 0.1) is 10.1 Å². The van der Waals surface area contributed by atoms with Crippen molar-refractivity contribution < 1.29 is 14.8 Å². The lowest BCUT2D eigenvalue weighted by atomic mass is 10.1. The Labute approximate surface area is 103 Å². The van der Waals surface area contributed by atoms with Crippen LogP contribution in [0.4, 0.5) is 11.4 Å². The maximum atomic E-state index is 12.1. The van der Waals surface area contributed by atoms with Crippen molar-refractivity contribution >= 4 is 17.3 Å². The minimum Gasteiger partial charge on any atom is -0.393 e. The van der Waals surface area contributed by atoms with Crippen LogP contribution in [-0.2, 0) is 0 Å². The van der Waals surface area contributed by atoms with Gasteiger partial charge in [-0.1, -0.05) is 6.07 Å². The Morgan fingerprint density at radius 3 is 2.83 bits per heavy atom. The summed E-state index contributed by atoms with van der Waals surface area (Å²) in [6.07, 6.45) is -0.0190. The number of nitro benzene ring substituents is 1. The van der Waals surface area contributed by atoms with Crippen molar-refractivity contribution in [2.45, 2.75) is 12.5 Å². The molecule has 96 valence electrons. The van der Waals surface area contributed by atoms with E-state index in [9.17, 15) is 20.0 Å². The highest BCUT2D eigenvalue weighted by molar-refractivity contribution is 6.01. The van der Waals surface area contributed by atoms with Crippen LogP contribution in [-0.4, -0.2) is 40.0 Å². The Kier molecular flexibility index (Phi) is 3.15. The number of carbonyl (C=O) groups is 1. The molecule has 1 aliphatic heterocycles.